The number of aromatic nitrogens is 2. The summed E-state index contributed by atoms with van der Waals surface area (Å²) in [6.45, 7) is 4.14. The van der Waals surface area contributed by atoms with E-state index in [1.165, 1.54) is 0 Å². The minimum Gasteiger partial charge on any atom is -0.480 e. The molecule has 0 spiro atoms. The Labute approximate surface area is 127 Å². The number of carboxylic acid groups (broad SMARTS) is 1. The van der Waals surface area contributed by atoms with Crippen molar-refractivity contribution in [3.8, 4) is 10.7 Å². The van der Waals surface area contributed by atoms with Crippen LogP contribution >= 0.6 is 11.3 Å². The number of hydrogen-bond acceptors (Lipinski definition) is 6. The first-order valence-corrected chi connectivity index (χ1v) is 7.78. The Kier molecular flexibility index (Phi) is 5.08. The number of aliphatic carboxylic acids is 1. The third-order valence-corrected chi connectivity index (χ3v) is 4.34. The number of rotatable bonds is 8. The SMILES string of the molecule is CCC(C)(NCCCc1nc(-c2cccs2)no1)C(=O)O. The summed E-state index contributed by atoms with van der Waals surface area (Å²) < 4.78 is 5.20. The van der Waals surface area contributed by atoms with E-state index in [2.05, 4.69) is 15.5 Å². The second-order valence-electron chi connectivity index (χ2n) is 5.01. The fourth-order valence-corrected chi connectivity index (χ4v) is 2.47. The summed E-state index contributed by atoms with van der Waals surface area (Å²) in [5.74, 6) is 0.355. The minimum absolute atomic E-state index is 0.533. The summed E-state index contributed by atoms with van der Waals surface area (Å²) in [4.78, 5) is 16.5. The lowest BCUT2D eigenvalue weighted by Crippen LogP contribution is -2.49. The standard InChI is InChI=1S/C14H19N3O3S/c1-3-14(2,13(18)19)15-8-4-7-11-16-12(17-20-11)10-6-5-9-21-10/h5-6,9,15H,3-4,7-8H2,1-2H3,(H,18,19). The number of nitrogens with zero attached hydrogens (tertiary/aromatic N) is 2. The van der Waals surface area contributed by atoms with Gasteiger partial charge in [-0.15, -0.1) is 11.3 Å². The maximum Gasteiger partial charge on any atom is 0.323 e. The molecule has 0 aliphatic rings. The Bertz CT molecular complexity index is 582. The summed E-state index contributed by atoms with van der Waals surface area (Å²) in [6.07, 6.45) is 1.91. The van der Waals surface area contributed by atoms with E-state index in [1.54, 1.807) is 18.3 Å². The largest absolute Gasteiger partial charge is 0.480 e. The highest BCUT2D eigenvalue weighted by atomic mass is 32.1. The second-order valence-corrected chi connectivity index (χ2v) is 5.96. The van der Waals surface area contributed by atoms with Crippen LogP contribution in [-0.2, 0) is 11.2 Å². The van der Waals surface area contributed by atoms with Crippen LogP contribution in [0.5, 0.6) is 0 Å². The summed E-state index contributed by atoms with van der Waals surface area (Å²) in [5, 5.41) is 18.1. The van der Waals surface area contributed by atoms with Gasteiger partial charge in [0.1, 0.15) is 5.54 Å². The highest BCUT2D eigenvalue weighted by molar-refractivity contribution is 7.13. The number of hydrogen-bond donors (Lipinski definition) is 2. The molecule has 1 unspecified atom stereocenters. The molecule has 0 fully saturated rings. The summed E-state index contributed by atoms with van der Waals surface area (Å²) in [7, 11) is 0. The first kappa shape index (κ1) is 15.7. The van der Waals surface area contributed by atoms with Gasteiger partial charge in [-0.2, -0.15) is 4.98 Å². The average molecular weight is 309 g/mol. The highest BCUT2D eigenvalue weighted by Crippen LogP contribution is 2.21. The molecular weight excluding hydrogens is 290 g/mol. The van der Waals surface area contributed by atoms with Crippen molar-refractivity contribution in [1.82, 2.24) is 15.5 Å². The van der Waals surface area contributed by atoms with Crippen molar-refractivity contribution in [2.24, 2.45) is 0 Å². The van der Waals surface area contributed by atoms with Gasteiger partial charge >= 0.3 is 5.97 Å². The minimum atomic E-state index is -0.878. The van der Waals surface area contributed by atoms with Crippen molar-refractivity contribution in [2.45, 2.75) is 38.6 Å². The van der Waals surface area contributed by atoms with Crippen molar-refractivity contribution in [2.75, 3.05) is 6.54 Å². The van der Waals surface area contributed by atoms with Gasteiger partial charge in [-0.25, -0.2) is 0 Å². The molecule has 2 N–H and O–H groups in total. The zero-order valence-corrected chi connectivity index (χ0v) is 12.9. The molecule has 1 atom stereocenters. The zero-order valence-electron chi connectivity index (χ0n) is 12.1. The fourth-order valence-electron chi connectivity index (χ4n) is 1.82. The molecule has 0 aromatic carbocycles. The molecule has 114 valence electrons. The number of carboxylic acids is 1. The molecule has 2 rings (SSSR count). The Morgan fingerprint density at radius 2 is 2.38 bits per heavy atom. The molecule has 2 aromatic heterocycles. The van der Waals surface area contributed by atoms with Gasteiger partial charge in [0.2, 0.25) is 11.7 Å². The quantitative estimate of drug-likeness (QED) is 0.729. The van der Waals surface area contributed by atoms with E-state index < -0.39 is 11.5 Å². The Morgan fingerprint density at radius 3 is 3.00 bits per heavy atom. The van der Waals surface area contributed by atoms with Gasteiger partial charge in [0, 0.05) is 6.42 Å². The lowest BCUT2D eigenvalue weighted by molar-refractivity contribution is -0.144. The van der Waals surface area contributed by atoms with Crippen molar-refractivity contribution in [1.29, 1.82) is 0 Å². The van der Waals surface area contributed by atoms with Crippen LogP contribution in [-0.4, -0.2) is 33.3 Å². The lowest BCUT2D eigenvalue weighted by Gasteiger charge is -2.24. The maximum absolute atomic E-state index is 11.1. The van der Waals surface area contributed by atoms with Gasteiger partial charge in [-0.3, -0.25) is 4.79 Å². The van der Waals surface area contributed by atoms with Gasteiger partial charge in [-0.05, 0) is 37.8 Å². The Morgan fingerprint density at radius 1 is 1.57 bits per heavy atom. The topological polar surface area (TPSA) is 88.3 Å². The van der Waals surface area contributed by atoms with Gasteiger partial charge in [-0.1, -0.05) is 18.1 Å². The molecule has 0 aliphatic heterocycles. The van der Waals surface area contributed by atoms with Gasteiger partial charge in [0.15, 0.2) is 0 Å². The van der Waals surface area contributed by atoms with E-state index in [0.717, 1.165) is 11.3 Å². The molecule has 0 saturated heterocycles. The highest BCUT2D eigenvalue weighted by Gasteiger charge is 2.29. The molecule has 6 nitrogen and oxygen atoms in total. The van der Waals surface area contributed by atoms with Crippen LogP contribution in [0.25, 0.3) is 10.7 Å². The predicted molar refractivity (Wildman–Crippen MR) is 80.3 cm³/mol. The van der Waals surface area contributed by atoms with Crippen LogP contribution in [0.4, 0.5) is 0 Å². The maximum atomic E-state index is 11.1. The number of carbonyl (C=O) groups is 1. The summed E-state index contributed by atoms with van der Waals surface area (Å²) in [6, 6.07) is 3.89. The van der Waals surface area contributed by atoms with Crippen LogP contribution in [0.2, 0.25) is 0 Å². The number of thiophene rings is 1. The second kappa shape index (κ2) is 6.82. The average Bonchev–Trinajstić information content (AvgIpc) is 3.13. The molecule has 2 heterocycles. The van der Waals surface area contributed by atoms with E-state index in [0.29, 0.717) is 31.1 Å². The van der Waals surface area contributed by atoms with Gasteiger partial charge in [0.05, 0.1) is 4.88 Å². The van der Waals surface area contributed by atoms with Crippen molar-refractivity contribution in [3.05, 3.63) is 23.4 Å². The van der Waals surface area contributed by atoms with Crippen LogP contribution in [0, 0.1) is 0 Å². The molecule has 0 saturated carbocycles. The van der Waals surface area contributed by atoms with E-state index in [9.17, 15) is 4.79 Å². The van der Waals surface area contributed by atoms with Gasteiger partial charge in [0.25, 0.3) is 0 Å². The molecule has 21 heavy (non-hydrogen) atoms. The fraction of sp³-hybridized carbons (Fsp3) is 0.500. The Balaban J connectivity index is 1.81. The van der Waals surface area contributed by atoms with Gasteiger partial charge < -0.3 is 14.9 Å². The van der Waals surface area contributed by atoms with Crippen LogP contribution in [0.1, 0.15) is 32.6 Å². The normalized spacial score (nSPS) is 14.0. The predicted octanol–water partition coefficient (Wildman–Crippen LogP) is 2.57. The first-order valence-electron chi connectivity index (χ1n) is 6.90. The third kappa shape index (κ3) is 3.89. The van der Waals surface area contributed by atoms with E-state index >= 15 is 0 Å². The summed E-state index contributed by atoms with van der Waals surface area (Å²) >= 11 is 1.56. The zero-order chi connectivity index (χ0) is 15.3. The monoisotopic (exact) mass is 309 g/mol. The van der Waals surface area contributed by atoms with E-state index in [4.69, 9.17) is 9.63 Å². The molecule has 0 amide bonds. The van der Waals surface area contributed by atoms with Crippen LogP contribution < -0.4 is 5.32 Å². The van der Waals surface area contributed by atoms with Crippen molar-refractivity contribution >= 4 is 17.3 Å². The van der Waals surface area contributed by atoms with Crippen molar-refractivity contribution in [3.63, 3.8) is 0 Å². The molecule has 0 radical (unpaired) electrons. The van der Waals surface area contributed by atoms with Crippen molar-refractivity contribution < 1.29 is 14.4 Å². The lowest BCUT2D eigenvalue weighted by atomic mass is 9.99. The number of nitrogens with one attached hydrogen (secondary N) is 1. The van der Waals surface area contributed by atoms with E-state index in [-0.39, 0.29) is 0 Å². The summed E-state index contributed by atoms with van der Waals surface area (Å²) in [5.41, 5.74) is -0.878. The van der Waals surface area contributed by atoms with Crippen LogP contribution in [0.3, 0.4) is 0 Å². The molecule has 7 heteroatoms. The third-order valence-electron chi connectivity index (χ3n) is 3.47. The molecule has 0 aliphatic carbocycles. The number of aryl methyl sites for hydroxylation is 1. The smallest absolute Gasteiger partial charge is 0.323 e. The molecular formula is C14H19N3O3S. The van der Waals surface area contributed by atoms with Crippen LogP contribution in [0.15, 0.2) is 22.0 Å². The molecule has 0 bridgehead atoms. The van der Waals surface area contributed by atoms with E-state index in [1.807, 2.05) is 24.4 Å². The molecule has 2 aromatic rings. The Hall–Kier alpha value is -1.73. The first-order chi connectivity index (χ1) is 10.0.